The standard InChI is InChI=1S/C16H18ClN3O2/c1-11-7-14(8-12(2)16(11)17)22-10-15(21)19-18-9-13-5-4-6-20(13)3/h4-9H,10H2,1-3H3,(H,19,21)/b18-9+. The van der Waals surface area contributed by atoms with Gasteiger partial charge in [-0.25, -0.2) is 5.43 Å². The van der Waals surface area contributed by atoms with Gasteiger partial charge in [-0.2, -0.15) is 5.10 Å². The molecule has 0 saturated carbocycles. The Morgan fingerprint density at radius 2 is 2.09 bits per heavy atom. The molecule has 0 fully saturated rings. The highest BCUT2D eigenvalue weighted by Gasteiger charge is 2.06. The number of hydrazone groups is 1. The second-order valence-corrected chi connectivity index (χ2v) is 5.37. The van der Waals surface area contributed by atoms with E-state index in [0.29, 0.717) is 10.8 Å². The molecule has 1 N–H and O–H groups in total. The number of benzene rings is 1. The zero-order valence-electron chi connectivity index (χ0n) is 12.8. The third kappa shape index (κ3) is 4.11. The van der Waals surface area contributed by atoms with Gasteiger partial charge in [-0.05, 0) is 49.2 Å². The highest BCUT2D eigenvalue weighted by atomic mass is 35.5. The number of aromatic nitrogens is 1. The molecule has 0 spiro atoms. The minimum Gasteiger partial charge on any atom is -0.484 e. The first-order valence-electron chi connectivity index (χ1n) is 6.80. The maximum atomic E-state index is 11.7. The van der Waals surface area contributed by atoms with Crippen molar-refractivity contribution in [1.82, 2.24) is 9.99 Å². The quantitative estimate of drug-likeness (QED) is 0.680. The maximum absolute atomic E-state index is 11.7. The number of halogens is 1. The number of hydrogen-bond donors (Lipinski definition) is 1. The van der Waals surface area contributed by atoms with Gasteiger partial charge in [0.25, 0.3) is 5.91 Å². The van der Waals surface area contributed by atoms with E-state index in [2.05, 4.69) is 10.5 Å². The summed E-state index contributed by atoms with van der Waals surface area (Å²) in [6.07, 6.45) is 3.48. The second-order valence-electron chi connectivity index (χ2n) is 5.00. The lowest BCUT2D eigenvalue weighted by atomic mass is 10.1. The zero-order valence-corrected chi connectivity index (χ0v) is 13.5. The Labute approximate surface area is 134 Å². The highest BCUT2D eigenvalue weighted by molar-refractivity contribution is 6.32. The lowest BCUT2D eigenvalue weighted by molar-refractivity contribution is -0.123. The normalized spacial score (nSPS) is 10.9. The van der Waals surface area contributed by atoms with Gasteiger partial charge in [0.05, 0.1) is 11.9 Å². The van der Waals surface area contributed by atoms with Crippen LogP contribution in [0, 0.1) is 13.8 Å². The molecule has 0 radical (unpaired) electrons. The molecule has 0 saturated heterocycles. The maximum Gasteiger partial charge on any atom is 0.277 e. The summed E-state index contributed by atoms with van der Waals surface area (Å²) < 4.78 is 7.34. The van der Waals surface area contributed by atoms with Crippen molar-refractivity contribution < 1.29 is 9.53 Å². The Morgan fingerprint density at radius 1 is 1.41 bits per heavy atom. The van der Waals surface area contributed by atoms with Crippen LogP contribution in [-0.4, -0.2) is 23.3 Å². The lowest BCUT2D eigenvalue weighted by Crippen LogP contribution is -2.24. The van der Waals surface area contributed by atoms with Crippen LogP contribution in [0.4, 0.5) is 0 Å². The predicted octanol–water partition coefficient (Wildman–Crippen LogP) is 2.82. The van der Waals surface area contributed by atoms with Crippen LogP contribution in [0.15, 0.2) is 35.6 Å². The van der Waals surface area contributed by atoms with Crippen LogP contribution in [-0.2, 0) is 11.8 Å². The molecule has 6 heteroatoms. The molecule has 1 aromatic heterocycles. The van der Waals surface area contributed by atoms with Crippen molar-refractivity contribution >= 4 is 23.7 Å². The van der Waals surface area contributed by atoms with Gasteiger partial charge in [0.2, 0.25) is 0 Å². The predicted molar refractivity (Wildman–Crippen MR) is 87.6 cm³/mol. The van der Waals surface area contributed by atoms with Crippen molar-refractivity contribution in [3.63, 3.8) is 0 Å². The van der Waals surface area contributed by atoms with Crippen LogP contribution < -0.4 is 10.2 Å². The lowest BCUT2D eigenvalue weighted by Gasteiger charge is -2.09. The van der Waals surface area contributed by atoms with Crippen LogP contribution in [0.3, 0.4) is 0 Å². The summed E-state index contributed by atoms with van der Waals surface area (Å²) in [5, 5.41) is 4.60. The van der Waals surface area contributed by atoms with Crippen molar-refractivity contribution in [2.24, 2.45) is 12.1 Å². The van der Waals surface area contributed by atoms with E-state index in [4.69, 9.17) is 16.3 Å². The zero-order chi connectivity index (χ0) is 16.1. The Morgan fingerprint density at radius 3 is 2.68 bits per heavy atom. The number of nitrogens with zero attached hydrogens (tertiary/aromatic N) is 2. The van der Waals surface area contributed by atoms with Gasteiger partial charge in [-0.15, -0.1) is 0 Å². The van der Waals surface area contributed by atoms with Gasteiger partial charge in [0.1, 0.15) is 5.75 Å². The van der Waals surface area contributed by atoms with Crippen LogP contribution in [0.25, 0.3) is 0 Å². The molecule has 116 valence electrons. The molecule has 0 aliphatic rings. The largest absolute Gasteiger partial charge is 0.484 e. The van der Waals surface area contributed by atoms with Gasteiger partial charge in [0, 0.05) is 18.3 Å². The second kappa shape index (κ2) is 7.13. The number of amides is 1. The van der Waals surface area contributed by atoms with E-state index in [1.165, 1.54) is 0 Å². The first-order chi connectivity index (χ1) is 10.5. The minimum atomic E-state index is -0.323. The summed E-state index contributed by atoms with van der Waals surface area (Å²) in [5.74, 6) is 0.289. The van der Waals surface area contributed by atoms with Crippen molar-refractivity contribution in [2.45, 2.75) is 13.8 Å². The van der Waals surface area contributed by atoms with Crippen LogP contribution in [0.5, 0.6) is 5.75 Å². The van der Waals surface area contributed by atoms with Crippen molar-refractivity contribution in [1.29, 1.82) is 0 Å². The van der Waals surface area contributed by atoms with E-state index in [-0.39, 0.29) is 12.5 Å². The summed E-state index contributed by atoms with van der Waals surface area (Å²) in [5.41, 5.74) is 5.15. The molecular formula is C16H18ClN3O2. The summed E-state index contributed by atoms with van der Waals surface area (Å²) in [4.78, 5) is 11.7. The van der Waals surface area contributed by atoms with Gasteiger partial charge in [0.15, 0.2) is 6.61 Å². The SMILES string of the molecule is Cc1cc(OCC(=O)N/N=C/c2cccn2C)cc(C)c1Cl. The molecule has 5 nitrogen and oxygen atoms in total. The molecule has 0 unspecified atom stereocenters. The van der Waals surface area contributed by atoms with E-state index >= 15 is 0 Å². The van der Waals surface area contributed by atoms with E-state index in [1.807, 2.05) is 43.8 Å². The molecule has 1 amide bonds. The summed E-state index contributed by atoms with van der Waals surface area (Å²) in [6, 6.07) is 7.40. The van der Waals surface area contributed by atoms with Crippen LogP contribution in [0.1, 0.15) is 16.8 Å². The van der Waals surface area contributed by atoms with Crippen LogP contribution >= 0.6 is 11.6 Å². The average Bonchev–Trinajstić information content (AvgIpc) is 2.88. The Bertz CT molecular complexity index is 684. The van der Waals surface area contributed by atoms with Gasteiger partial charge >= 0.3 is 0 Å². The third-order valence-electron chi connectivity index (χ3n) is 3.15. The first kappa shape index (κ1) is 16.1. The fourth-order valence-corrected chi connectivity index (χ4v) is 2.06. The summed E-state index contributed by atoms with van der Waals surface area (Å²) >= 11 is 6.09. The molecule has 22 heavy (non-hydrogen) atoms. The summed E-state index contributed by atoms with van der Waals surface area (Å²) in [6.45, 7) is 3.68. The first-order valence-corrected chi connectivity index (χ1v) is 7.18. The Balaban J connectivity index is 1.86. The number of carbonyl (C=O) groups is 1. The number of nitrogens with one attached hydrogen (secondary N) is 1. The monoisotopic (exact) mass is 319 g/mol. The molecule has 1 heterocycles. The topological polar surface area (TPSA) is 55.6 Å². The molecular weight excluding hydrogens is 302 g/mol. The Kier molecular flexibility index (Phi) is 5.22. The highest BCUT2D eigenvalue weighted by Crippen LogP contribution is 2.25. The number of rotatable bonds is 5. The van der Waals surface area contributed by atoms with Gasteiger partial charge in [-0.3, -0.25) is 4.79 Å². The van der Waals surface area contributed by atoms with Crippen molar-refractivity contribution in [3.8, 4) is 5.75 Å². The fourth-order valence-electron chi connectivity index (χ4n) is 1.95. The smallest absolute Gasteiger partial charge is 0.277 e. The third-order valence-corrected chi connectivity index (χ3v) is 3.75. The summed E-state index contributed by atoms with van der Waals surface area (Å²) in [7, 11) is 1.90. The molecule has 0 bridgehead atoms. The van der Waals surface area contributed by atoms with E-state index < -0.39 is 0 Å². The van der Waals surface area contributed by atoms with Gasteiger partial charge < -0.3 is 9.30 Å². The molecule has 2 rings (SSSR count). The molecule has 0 aliphatic heterocycles. The van der Waals surface area contributed by atoms with Crippen molar-refractivity contribution in [2.75, 3.05) is 6.61 Å². The average molecular weight is 320 g/mol. The minimum absolute atomic E-state index is 0.106. The Hall–Kier alpha value is -2.27. The molecule has 1 aromatic carbocycles. The van der Waals surface area contributed by atoms with Crippen LogP contribution in [0.2, 0.25) is 5.02 Å². The number of ether oxygens (including phenoxy) is 1. The van der Waals surface area contributed by atoms with Crippen molar-refractivity contribution in [3.05, 3.63) is 52.3 Å². The molecule has 0 aliphatic carbocycles. The fraction of sp³-hybridized carbons (Fsp3) is 0.250. The number of carbonyl (C=O) groups excluding carboxylic acids is 1. The number of aryl methyl sites for hydroxylation is 3. The number of hydrogen-bond acceptors (Lipinski definition) is 3. The van der Waals surface area contributed by atoms with E-state index in [0.717, 1.165) is 16.8 Å². The van der Waals surface area contributed by atoms with E-state index in [1.54, 1.807) is 18.3 Å². The van der Waals surface area contributed by atoms with Gasteiger partial charge in [-0.1, -0.05) is 11.6 Å². The molecule has 0 atom stereocenters. The van der Waals surface area contributed by atoms with E-state index in [9.17, 15) is 4.79 Å². The molecule has 2 aromatic rings.